The van der Waals surface area contributed by atoms with E-state index < -0.39 is 0 Å². The number of nitrogens with one attached hydrogen (secondary N) is 1. The molecule has 0 radical (unpaired) electrons. The topological polar surface area (TPSA) is 28.2 Å². The lowest BCUT2D eigenvalue weighted by molar-refractivity contribution is 1.10. The Morgan fingerprint density at radius 1 is 1.33 bits per heavy atom. The van der Waals surface area contributed by atoms with Gasteiger partial charge in [-0.15, -0.1) is 11.3 Å². The second-order valence-electron chi connectivity index (χ2n) is 3.97. The lowest BCUT2D eigenvalue weighted by Gasteiger charge is -2.15. The number of thiazole rings is 1. The molecule has 0 spiro atoms. The second-order valence-corrected chi connectivity index (χ2v) is 6.13. The van der Waals surface area contributed by atoms with Gasteiger partial charge in [0, 0.05) is 19.8 Å². The fourth-order valence-corrected chi connectivity index (χ4v) is 2.77. The summed E-state index contributed by atoms with van der Waals surface area (Å²) in [5, 5.41) is 4.94. The molecular weight excluding hydrogens is 289 g/mol. The average molecular weight is 302 g/mol. The molecule has 0 aliphatic rings. The van der Waals surface area contributed by atoms with E-state index in [9.17, 15) is 0 Å². The van der Waals surface area contributed by atoms with E-state index in [0.29, 0.717) is 10.9 Å². The quantitative estimate of drug-likeness (QED) is 0.920. The Bertz CT molecular complexity index is 540. The molecule has 0 saturated heterocycles. The highest BCUT2D eigenvalue weighted by Gasteiger charge is 2.04. The fourth-order valence-electron chi connectivity index (χ4n) is 1.53. The number of aromatic nitrogens is 1. The Balaban J connectivity index is 2.04. The van der Waals surface area contributed by atoms with Crippen molar-refractivity contribution in [2.75, 3.05) is 24.3 Å². The summed E-state index contributed by atoms with van der Waals surface area (Å²) >= 11 is 13.5. The molecule has 0 aliphatic heterocycles. The standard InChI is InChI=1S/C12H13Cl2N3S/c1-17(2)10-4-3-8(5-9(10)13)15-7-12-16-6-11(14)18-12/h3-6,15H,7H2,1-2H3. The van der Waals surface area contributed by atoms with Crippen molar-refractivity contribution < 1.29 is 0 Å². The van der Waals surface area contributed by atoms with Gasteiger partial charge in [0.15, 0.2) is 0 Å². The molecule has 1 heterocycles. The molecule has 2 rings (SSSR count). The molecule has 0 aliphatic carbocycles. The van der Waals surface area contributed by atoms with Crippen molar-refractivity contribution >= 4 is 45.9 Å². The summed E-state index contributed by atoms with van der Waals surface area (Å²) in [6, 6.07) is 5.89. The van der Waals surface area contributed by atoms with Crippen LogP contribution in [0.1, 0.15) is 5.01 Å². The molecule has 3 nitrogen and oxygen atoms in total. The van der Waals surface area contributed by atoms with Crippen LogP contribution in [-0.4, -0.2) is 19.1 Å². The molecule has 0 bridgehead atoms. The summed E-state index contributed by atoms with van der Waals surface area (Å²) in [4.78, 5) is 6.16. The number of halogens is 2. The van der Waals surface area contributed by atoms with E-state index in [2.05, 4.69) is 10.3 Å². The molecule has 6 heteroatoms. The molecule has 1 aromatic carbocycles. The van der Waals surface area contributed by atoms with Crippen molar-refractivity contribution in [1.82, 2.24) is 4.98 Å². The van der Waals surface area contributed by atoms with Crippen molar-refractivity contribution in [1.29, 1.82) is 0 Å². The Morgan fingerprint density at radius 3 is 2.67 bits per heavy atom. The van der Waals surface area contributed by atoms with E-state index in [1.807, 2.05) is 37.2 Å². The average Bonchev–Trinajstić information content (AvgIpc) is 2.72. The normalized spacial score (nSPS) is 10.4. The summed E-state index contributed by atoms with van der Waals surface area (Å²) in [6.07, 6.45) is 1.66. The van der Waals surface area contributed by atoms with Gasteiger partial charge in [0.05, 0.1) is 23.5 Å². The lowest BCUT2D eigenvalue weighted by Crippen LogP contribution is -2.09. The zero-order chi connectivity index (χ0) is 13.1. The summed E-state index contributed by atoms with van der Waals surface area (Å²) < 4.78 is 0.702. The summed E-state index contributed by atoms with van der Waals surface area (Å²) in [5.41, 5.74) is 1.97. The van der Waals surface area contributed by atoms with Crippen LogP contribution in [0.3, 0.4) is 0 Å². The van der Waals surface area contributed by atoms with Crippen LogP contribution in [0.2, 0.25) is 9.36 Å². The van der Waals surface area contributed by atoms with Crippen LogP contribution in [0.15, 0.2) is 24.4 Å². The first-order valence-electron chi connectivity index (χ1n) is 5.37. The zero-order valence-corrected chi connectivity index (χ0v) is 12.4. The van der Waals surface area contributed by atoms with Gasteiger partial charge in [-0.1, -0.05) is 23.2 Å². The summed E-state index contributed by atoms with van der Waals surface area (Å²) in [5.74, 6) is 0. The highest BCUT2D eigenvalue weighted by atomic mass is 35.5. The third-order valence-electron chi connectivity index (χ3n) is 2.40. The SMILES string of the molecule is CN(C)c1ccc(NCc2ncc(Cl)s2)cc1Cl. The number of hydrogen-bond donors (Lipinski definition) is 1. The molecule has 0 amide bonds. The van der Waals surface area contributed by atoms with Crippen LogP contribution < -0.4 is 10.2 Å². The maximum absolute atomic E-state index is 6.19. The lowest BCUT2D eigenvalue weighted by atomic mass is 10.2. The minimum absolute atomic E-state index is 0.648. The van der Waals surface area contributed by atoms with Crippen molar-refractivity contribution in [2.45, 2.75) is 6.54 Å². The molecule has 0 fully saturated rings. The Labute approximate surface area is 120 Å². The van der Waals surface area contributed by atoms with Crippen LogP contribution in [0.25, 0.3) is 0 Å². The highest BCUT2D eigenvalue weighted by molar-refractivity contribution is 7.15. The van der Waals surface area contributed by atoms with Gasteiger partial charge in [0.1, 0.15) is 9.34 Å². The second kappa shape index (κ2) is 5.78. The van der Waals surface area contributed by atoms with Gasteiger partial charge < -0.3 is 10.2 Å². The molecule has 2 aromatic rings. The minimum atomic E-state index is 0.648. The van der Waals surface area contributed by atoms with E-state index in [1.165, 1.54) is 11.3 Å². The minimum Gasteiger partial charge on any atom is -0.378 e. The number of nitrogens with zero attached hydrogens (tertiary/aromatic N) is 2. The predicted octanol–water partition coefficient (Wildman–Crippen LogP) is 4.13. The number of rotatable bonds is 4. The molecule has 18 heavy (non-hydrogen) atoms. The van der Waals surface area contributed by atoms with Crippen LogP contribution in [-0.2, 0) is 6.54 Å². The monoisotopic (exact) mass is 301 g/mol. The third kappa shape index (κ3) is 3.28. The van der Waals surface area contributed by atoms with E-state index in [4.69, 9.17) is 23.2 Å². The summed E-state index contributed by atoms with van der Waals surface area (Å²) in [7, 11) is 3.93. The largest absolute Gasteiger partial charge is 0.378 e. The number of hydrogen-bond acceptors (Lipinski definition) is 4. The Hall–Kier alpha value is -0.970. The fraction of sp³-hybridized carbons (Fsp3) is 0.250. The Kier molecular flexibility index (Phi) is 4.32. The number of benzene rings is 1. The van der Waals surface area contributed by atoms with Crippen molar-refractivity contribution in [3.05, 3.63) is 38.8 Å². The van der Waals surface area contributed by atoms with Crippen molar-refractivity contribution in [3.8, 4) is 0 Å². The maximum Gasteiger partial charge on any atom is 0.113 e. The molecule has 0 saturated carbocycles. The van der Waals surface area contributed by atoms with Crippen LogP contribution in [0.5, 0.6) is 0 Å². The molecule has 1 N–H and O–H groups in total. The van der Waals surface area contributed by atoms with Crippen LogP contribution >= 0.6 is 34.5 Å². The van der Waals surface area contributed by atoms with Gasteiger partial charge in [-0.3, -0.25) is 0 Å². The first kappa shape index (κ1) is 13.5. The van der Waals surface area contributed by atoms with Gasteiger partial charge in [-0.25, -0.2) is 4.98 Å². The van der Waals surface area contributed by atoms with E-state index in [1.54, 1.807) is 6.20 Å². The zero-order valence-electron chi connectivity index (χ0n) is 10.1. The van der Waals surface area contributed by atoms with Gasteiger partial charge in [0.25, 0.3) is 0 Å². The van der Waals surface area contributed by atoms with E-state index in [0.717, 1.165) is 21.4 Å². The first-order valence-corrected chi connectivity index (χ1v) is 6.94. The molecule has 96 valence electrons. The van der Waals surface area contributed by atoms with E-state index in [-0.39, 0.29) is 0 Å². The van der Waals surface area contributed by atoms with Crippen LogP contribution in [0.4, 0.5) is 11.4 Å². The summed E-state index contributed by atoms with van der Waals surface area (Å²) in [6.45, 7) is 0.648. The van der Waals surface area contributed by atoms with Crippen LogP contribution in [0, 0.1) is 0 Å². The van der Waals surface area contributed by atoms with Crippen molar-refractivity contribution in [3.63, 3.8) is 0 Å². The smallest absolute Gasteiger partial charge is 0.113 e. The predicted molar refractivity (Wildman–Crippen MR) is 80.2 cm³/mol. The van der Waals surface area contributed by atoms with Crippen molar-refractivity contribution in [2.24, 2.45) is 0 Å². The van der Waals surface area contributed by atoms with Gasteiger partial charge in [-0.2, -0.15) is 0 Å². The third-order valence-corrected chi connectivity index (χ3v) is 3.82. The van der Waals surface area contributed by atoms with Gasteiger partial charge in [-0.05, 0) is 18.2 Å². The first-order chi connectivity index (χ1) is 8.56. The highest BCUT2D eigenvalue weighted by Crippen LogP contribution is 2.28. The maximum atomic E-state index is 6.19. The molecule has 0 unspecified atom stereocenters. The molecule has 0 atom stereocenters. The molecular formula is C12H13Cl2N3S. The Morgan fingerprint density at radius 2 is 2.11 bits per heavy atom. The van der Waals surface area contributed by atoms with Gasteiger partial charge >= 0.3 is 0 Å². The number of anilines is 2. The molecule has 1 aromatic heterocycles. The van der Waals surface area contributed by atoms with E-state index >= 15 is 0 Å². The van der Waals surface area contributed by atoms with Gasteiger partial charge in [0.2, 0.25) is 0 Å².